The van der Waals surface area contributed by atoms with E-state index >= 15 is 0 Å². The van der Waals surface area contributed by atoms with Crippen molar-refractivity contribution >= 4 is 22.3 Å². The minimum Gasteiger partial charge on any atom is -0.397 e. The molecule has 102 valence electrons. The third-order valence-electron chi connectivity index (χ3n) is 3.04. The summed E-state index contributed by atoms with van der Waals surface area (Å²) in [6, 6.07) is 7.79. The van der Waals surface area contributed by atoms with Gasteiger partial charge in [0.25, 0.3) is 0 Å². The van der Waals surface area contributed by atoms with Crippen LogP contribution in [-0.2, 0) is 4.74 Å². The minimum absolute atomic E-state index is 0.204. The van der Waals surface area contributed by atoms with E-state index in [1.165, 1.54) is 0 Å². The molecule has 3 N–H and O–H groups in total. The Hall–Kier alpha value is -1.81. The SMILES string of the molecule is CCOC(C)(C)CNc1ccnc2c(N)cccc12. The summed E-state index contributed by atoms with van der Waals surface area (Å²) in [6.07, 6.45) is 1.77. The number of anilines is 2. The van der Waals surface area contributed by atoms with Crippen molar-refractivity contribution in [3.63, 3.8) is 0 Å². The summed E-state index contributed by atoms with van der Waals surface area (Å²) in [5.74, 6) is 0. The summed E-state index contributed by atoms with van der Waals surface area (Å²) < 4.78 is 5.68. The average Bonchev–Trinajstić information content (AvgIpc) is 2.37. The number of hydrogen-bond acceptors (Lipinski definition) is 4. The second-order valence-corrected chi connectivity index (χ2v) is 5.15. The molecule has 4 nitrogen and oxygen atoms in total. The number of nitrogens with one attached hydrogen (secondary N) is 1. The molecule has 2 rings (SSSR count). The van der Waals surface area contributed by atoms with Gasteiger partial charge in [-0.05, 0) is 32.9 Å². The van der Waals surface area contributed by atoms with Crippen LogP contribution in [0.25, 0.3) is 10.9 Å². The Morgan fingerprint density at radius 1 is 1.32 bits per heavy atom. The Morgan fingerprint density at radius 3 is 2.84 bits per heavy atom. The van der Waals surface area contributed by atoms with Crippen LogP contribution in [-0.4, -0.2) is 23.7 Å². The first kappa shape index (κ1) is 13.6. The maximum absolute atomic E-state index is 5.94. The van der Waals surface area contributed by atoms with Crippen LogP contribution in [0.2, 0.25) is 0 Å². The molecule has 19 heavy (non-hydrogen) atoms. The predicted molar refractivity (Wildman–Crippen MR) is 80.4 cm³/mol. The fraction of sp³-hybridized carbons (Fsp3) is 0.400. The second kappa shape index (κ2) is 5.45. The van der Waals surface area contributed by atoms with Gasteiger partial charge in [0.2, 0.25) is 0 Å². The molecule has 1 aromatic carbocycles. The number of benzene rings is 1. The van der Waals surface area contributed by atoms with Gasteiger partial charge in [-0.1, -0.05) is 12.1 Å². The molecule has 0 aliphatic carbocycles. The van der Waals surface area contributed by atoms with Crippen LogP contribution in [0.5, 0.6) is 0 Å². The molecule has 1 heterocycles. The molecular formula is C15H21N3O. The Balaban J connectivity index is 2.24. The lowest BCUT2D eigenvalue weighted by molar-refractivity contribution is 0.000718. The first-order valence-corrected chi connectivity index (χ1v) is 6.54. The molecule has 4 heteroatoms. The van der Waals surface area contributed by atoms with Crippen molar-refractivity contribution in [1.29, 1.82) is 0 Å². The quantitative estimate of drug-likeness (QED) is 0.810. The van der Waals surface area contributed by atoms with Gasteiger partial charge in [0, 0.05) is 30.4 Å². The van der Waals surface area contributed by atoms with Crippen molar-refractivity contribution in [2.75, 3.05) is 24.2 Å². The van der Waals surface area contributed by atoms with Crippen LogP contribution in [0.15, 0.2) is 30.5 Å². The molecule has 0 atom stereocenters. The van der Waals surface area contributed by atoms with Crippen molar-refractivity contribution in [1.82, 2.24) is 4.98 Å². The Bertz CT molecular complexity index is 566. The van der Waals surface area contributed by atoms with Crippen LogP contribution in [0.3, 0.4) is 0 Å². The maximum Gasteiger partial charge on any atom is 0.0951 e. The molecule has 0 amide bonds. The second-order valence-electron chi connectivity index (χ2n) is 5.15. The lowest BCUT2D eigenvalue weighted by Gasteiger charge is -2.25. The van der Waals surface area contributed by atoms with E-state index in [9.17, 15) is 0 Å². The van der Waals surface area contributed by atoms with Gasteiger partial charge in [0.15, 0.2) is 0 Å². The number of hydrogen-bond donors (Lipinski definition) is 2. The molecule has 1 aromatic heterocycles. The number of aromatic nitrogens is 1. The molecule has 0 saturated carbocycles. The predicted octanol–water partition coefficient (Wildman–Crippen LogP) is 3.04. The van der Waals surface area contributed by atoms with Crippen LogP contribution < -0.4 is 11.1 Å². The van der Waals surface area contributed by atoms with E-state index in [-0.39, 0.29) is 5.60 Å². The summed E-state index contributed by atoms with van der Waals surface area (Å²) >= 11 is 0. The van der Waals surface area contributed by atoms with Crippen molar-refractivity contribution in [2.45, 2.75) is 26.4 Å². The molecule has 0 aliphatic rings. The molecule has 0 spiro atoms. The number of nitrogen functional groups attached to an aromatic ring is 1. The minimum atomic E-state index is -0.204. The maximum atomic E-state index is 5.94. The van der Waals surface area contributed by atoms with E-state index in [2.05, 4.69) is 24.1 Å². The molecule has 0 unspecified atom stereocenters. The van der Waals surface area contributed by atoms with Crippen LogP contribution in [0.4, 0.5) is 11.4 Å². The highest BCUT2D eigenvalue weighted by molar-refractivity contribution is 5.97. The van der Waals surface area contributed by atoms with Gasteiger partial charge >= 0.3 is 0 Å². The van der Waals surface area contributed by atoms with Gasteiger partial charge < -0.3 is 15.8 Å². The number of fused-ring (bicyclic) bond motifs is 1. The first-order chi connectivity index (χ1) is 9.03. The Morgan fingerprint density at radius 2 is 2.11 bits per heavy atom. The van der Waals surface area contributed by atoms with Gasteiger partial charge in [-0.3, -0.25) is 4.98 Å². The molecular weight excluding hydrogens is 238 g/mol. The summed E-state index contributed by atoms with van der Waals surface area (Å²) in [6.45, 7) is 7.58. The number of ether oxygens (including phenoxy) is 1. The zero-order valence-corrected chi connectivity index (χ0v) is 11.7. The lowest BCUT2D eigenvalue weighted by Crippen LogP contribution is -2.33. The van der Waals surface area contributed by atoms with Crippen LogP contribution in [0, 0.1) is 0 Å². The summed E-state index contributed by atoms with van der Waals surface area (Å²) in [4.78, 5) is 4.33. The third-order valence-corrected chi connectivity index (χ3v) is 3.04. The van der Waals surface area contributed by atoms with Gasteiger partial charge in [-0.25, -0.2) is 0 Å². The summed E-state index contributed by atoms with van der Waals surface area (Å²) in [5.41, 5.74) is 8.30. The molecule has 0 fully saturated rings. The van der Waals surface area contributed by atoms with Gasteiger partial charge in [0.1, 0.15) is 0 Å². The highest BCUT2D eigenvalue weighted by atomic mass is 16.5. The largest absolute Gasteiger partial charge is 0.397 e. The van der Waals surface area contributed by atoms with Gasteiger partial charge in [-0.15, -0.1) is 0 Å². The average molecular weight is 259 g/mol. The molecule has 0 radical (unpaired) electrons. The Kier molecular flexibility index (Phi) is 3.90. The fourth-order valence-electron chi connectivity index (χ4n) is 2.10. The van der Waals surface area contributed by atoms with E-state index < -0.39 is 0 Å². The van der Waals surface area contributed by atoms with E-state index in [4.69, 9.17) is 10.5 Å². The van der Waals surface area contributed by atoms with Crippen LogP contribution >= 0.6 is 0 Å². The molecule has 0 saturated heterocycles. The first-order valence-electron chi connectivity index (χ1n) is 6.54. The van der Waals surface area contributed by atoms with Crippen molar-refractivity contribution < 1.29 is 4.74 Å². The summed E-state index contributed by atoms with van der Waals surface area (Å²) in [7, 11) is 0. The zero-order chi connectivity index (χ0) is 13.9. The highest BCUT2D eigenvalue weighted by Gasteiger charge is 2.17. The van der Waals surface area contributed by atoms with Gasteiger partial charge in [0.05, 0.1) is 16.8 Å². The number of para-hydroxylation sites is 1. The monoisotopic (exact) mass is 259 g/mol. The normalized spacial score (nSPS) is 11.7. The van der Waals surface area contributed by atoms with Gasteiger partial charge in [-0.2, -0.15) is 0 Å². The van der Waals surface area contributed by atoms with E-state index in [0.717, 1.165) is 23.1 Å². The van der Waals surface area contributed by atoms with Crippen molar-refractivity contribution in [3.05, 3.63) is 30.5 Å². The number of nitrogens with zero attached hydrogens (tertiary/aromatic N) is 1. The molecule has 0 aliphatic heterocycles. The fourth-order valence-corrected chi connectivity index (χ4v) is 2.10. The number of nitrogens with two attached hydrogens (primary N) is 1. The smallest absolute Gasteiger partial charge is 0.0951 e. The third kappa shape index (κ3) is 3.15. The summed E-state index contributed by atoms with van der Waals surface area (Å²) in [5, 5.41) is 4.46. The number of rotatable bonds is 5. The molecule has 0 bridgehead atoms. The lowest BCUT2D eigenvalue weighted by atomic mass is 10.1. The molecule has 2 aromatic rings. The van der Waals surface area contributed by atoms with E-state index in [0.29, 0.717) is 12.3 Å². The standard InChI is InChI=1S/C15H21N3O/c1-4-19-15(2,3)10-18-13-8-9-17-14-11(13)6-5-7-12(14)16/h5-9H,4,10,16H2,1-3H3,(H,17,18). The van der Waals surface area contributed by atoms with Crippen molar-refractivity contribution in [2.24, 2.45) is 0 Å². The van der Waals surface area contributed by atoms with Crippen LogP contribution in [0.1, 0.15) is 20.8 Å². The zero-order valence-electron chi connectivity index (χ0n) is 11.7. The number of pyridine rings is 1. The highest BCUT2D eigenvalue weighted by Crippen LogP contribution is 2.26. The van der Waals surface area contributed by atoms with E-state index in [1.54, 1.807) is 6.20 Å². The van der Waals surface area contributed by atoms with Crippen molar-refractivity contribution in [3.8, 4) is 0 Å². The Labute approximate surface area is 114 Å². The topological polar surface area (TPSA) is 60.2 Å². The van der Waals surface area contributed by atoms with E-state index in [1.807, 2.05) is 31.2 Å².